The second-order valence-electron chi connectivity index (χ2n) is 7.89. The van der Waals surface area contributed by atoms with Gasteiger partial charge in [0.1, 0.15) is 26.6 Å². The van der Waals surface area contributed by atoms with Crippen molar-refractivity contribution >= 4 is 66.8 Å². The summed E-state index contributed by atoms with van der Waals surface area (Å²) in [7, 11) is -2.05. The van der Waals surface area contributed by atoms with Gasteiger partial charge in [0.25, 0.3) is 5.91 Å². The van der Waals surface area contributed by atoms with Gasteiger partial charge < -0.3 is 26.3 Å². The lowest BCUT2D eigenvalue weighted by molar-refractivity contribution is -0.115. The molecule has 3 aromatic heterocycles. The van der Waals surface area contributed by atoms with E-state index in [0.29, 0.717) is 22.3 Å². The van der Waals surface area contributed by atoms with Crippen LogP contribution in [0.4, 0.5) is 24.7 Å². The number of hydrogen-bond donors (Lipinski definition) is 3. The van der Waals surface area contributed by atoms with E-state index in [1.54, 1.807) is 6.07 Å². The first-order valence-corrected chi connectivity index (χ1v) is 13.6. The molecule has 3 rings (SSSR count). The Hall–Kier alpha value is -3.82. The summed E-state index contributed by atoms with van der Waals surface area (Å²) in [5, 5.41) is 9.63. The van der Waals surface area contributed by atoms with Crippen molar-refractivity contribution in [2.24, 2.45) is 11.5 Å². The van der Waals surface area contributed by atoms with Gasteiger partial charge in [-0.25, -0.2) is 9.97 Å². The van der Waals surface area contributed by atoms with Crippen molar-refractivity contribution in [3.8, 4) is 11.9 Å². The maximum Gasteiger partial charge on any atom is 0.534 e. The van der Waals surface area contributed by atoms with E-state index in [-0.39, 0.29) is 21.9 Å². The Morgan fingerprint density at radius 3 is 2.28 bits per heavy atom. The molecule has 0 atom stereocenters. The lowest BCUT2D eigenvalue weighted by Crippen LogP contribution is -2.28. The summed E-state index contributed by atoms with van der Waals surface area (Å²) in [6.07, 6.45) is 0. The molecule has 0 aromatic carbocycles. The highest BCUT2D eigenvalue weighted by Gasteiger charge is 2.49. The number of primary amides is 2. The van der Waals surface area contributed by atoms with Crippen LogP contribution in [0.5, 0.6) is 5.88 Å². The van der Waals surface area contributed by atoms with Gasteiger partial charge in [-0.2, -0.15) is 26.9 Å². The van der Waals surface area contributed by atoms with Gasteiger partial charge in [-0.15, -0.1) is 11.3 Å². The van der Waals surface area contributed by atoms with Crippen molar-refractivity contribution < 1.29 is 35.4 Å². The SMILES string of the molecule is Cc1cc(N(C)C)nc2sc(C(N)=O)c(N)c12.Cc1cc(OS(=O)(=O)C(F)(F)F)nc(SCC(N)=O)c1C#N. The molecule has 3 aromatic rings. The van der Waals surface area contributed by atoms with Crippen molar-refractivity contribution in [3.05, 3.63) is 33.7 Å². The molecule has 0 unspecified atom stereocenters. The minimum absolute atomic E-state index is 0.0250. The van der Waals surface area contributed by atoms with E-state index in [1.807, 2.05) is 32.0 Å². The Bertz CT molecular complexity index is 1580. The molecule has 3 heterocycles. The molecular weight excluding hydrogens is 583 g/mol. The first-order chi connectivity index (χ1) is 17.9. The number of thioether (sulfide) groups is 1. The number of hydrogen-bond acceptors (Lipinski definition) is 12. The monoisotopic (exact) mass is 605 g/mol. The fourth-order valence-electron chi connectivity index (χ4n) is 2.90. The number of nitriles is 1. The van der Waals surface area contributed by atoms with Crippen LogP contribution in [-0.2, 0) is 14.9 Å². The standard InChI is InChI=1S/C11H14N4OS.C10H8F3N3O4S2/c1-5-4-6(15(2)3)14-11-7(5)8(12)9(17-11)10(13)16;1-5-2-8(20-22(18,19)10(11,12)13)16-9(6(5)3-14)21-4-7(15)17/h4H,12H2,1-3H3,(H2,13,16);2H,4H2,1H3,(H2,15,17). The lowest BCUT2D eigenvalue weighted by atomic mass is 10.1. The molecule has 0 saturated heterocycles. The van der Waals surface area contributed by atoms with E-state index >= 15 is 0 Å². The number of rotatable bonds is 7. The maximum absolute atomic E-state index is 12.3. The van der Waals surface area contributed by atoms with E-state index in [9.17, 15) is 31.2 Å². The van der Waals surface area contributed by atoms with Gasteiger partial charge in [0.15, 0.2) is 0 Å². The van der Waals surface area contributed by atoms with E-state index in [1.165, 1.54) is 18.3 Å². The van der Waals surface area contributed by atoms with Gasteiger partial charge in [0.05, 0.1) is 17.0 Å². The Labute approximate surface area is 229 Å². The third-order valence-electron chi connectivity index (χ3n) is 4.67. The Morgan fingerprint density at radius 1 is 1.18 bits per heavy atom. The number of aryl methyl sites for hydroxylation is 2. The van der Waals surface area contributed by atoms with Crippen LogP contribution in [0.2, 0.25) is 0 Å². The van der Waals surface area contributed by atoms with Crippen molar-refractivity contribution in [2.45, 2.75) is 24.4 Å². The number of alkyl halides is 3. The predicted molar refractivity (Wildman–Crippen MR) is 141 cm³/mol. The smallest absolute Gasteiger partial charge is 0.397 e. The van der Waals surface area contributed by atoms with Crippen LogP contribution in [0, 0.1) is 25.2 Å². The topological polar surface area (TPSA) is 208 Å². The van der Waals surface area contributed by atoms with Crippen LogP contribution in [0.3, 0.4) is 0 Å². The van der Waals surface area contributed by atoms with Gasteiger partial charge in [-0.05, 0) is 31.0 Å². The Morgan fingerprint density at radius 2 is 1.79 bits per heavy atom. The number of carbonyl (C=O) groups excluding carboxylic acids is 2. The largest absolute Gasteiger partial charge is 0.534 e. The fraction of sp³-hybridized carbons (Fsp3) is 0.286. The summed E-state index contributed by atoms with van der Waals surface area (Å²) in [5.74, 6) is -1.57. The number of thiophene rings is 1. The van der Waals surface area contributed by atoms with E-state index in [0.717, 1.165) is 27.7 Å². The molecule has 0 aliphatic heterocycles. The van der Waals surface area contributed by atoms with Crippen LogP contribution in [0.15, 0.2) is 17.2 Å². The molecule has 210 valence electrons. The van der Waals surface area contributed by atoms with Gasteiger partial charge in [0, 0.05) is 25.5 Å². The van der Waals surface area contributed by atoms with E-state index in [2.05, 4.69) is 14.2 Å². The number of anilines is 2. The molecule has 39 heavy (non-hydrogen) atoms. The number of nitrogen functional groups attached to an aromatic ring is 1. The van der Waals surface area contributed by atoms with E-state index < -0.39 is 33.3 Å². The number of fused-ring (bicyclic) bond motifs is 1. The maximum atomic E-state index is 12.3. The summed E-state index contributed by atoms with van der Waals surface area (Å²) in [5.41, 5.74) is 12.1. The number of nitrogens with zero attached hydrogens (tertiary/aromatic N) is 4. The number of amides is 2. The summed E-state index contributed by atoms with van der Waals surface area (Å²) >= 11 is 1.92. The normalized spacial score (nSPS) is 11.3. The number of nitrogens with two attached hydrogens (primary N) is 3. The zero-order valence-electron chi connectivity index (χ0n) is 20.8. The molecule has 0 saturated carbocycles. The molecule has 0 radical (unpaired) electrons. The first kappa shape index (κ1) is 31.4. The van der Waals surface area contributed by atoms with Gasteiger partial charge >= 0.3 is 15.6 Å². The van der Waals surface area contributed by atoms with Crippen molar-refractivity contribution in [1.82, 2.24) is 9.97 Å². The summed E-state index contributed by atoms with van der Waals surface area (Å²) in [4.78, 5) is 33.0. The van der Waals surface area contributed by atoms with Crippen LogP contribution in [0.1, 0.15) is 26.4 Å². The lowest BCUT2D eigenvalue weighted by Gasteiger charge is -2.12. The molecule has 12 nitrogen and oxygen atoms in total. The number of pyridine rings is 2. The first-order valence-electron chi connectivity index (χ1n) is 10.4. The molecule has 0 aliphatic rings. The Kier molecular flexibility index (Phi) is 9.60. The van der Waals surface area contributed by atoms with Gasteiger partial charge in [-0.1, -0.05) is 11.8 Å². The van der Waals surface area contributed by atoms with Crippen LogP contribution in [0.25, 0.3) is 10.2 Å². The van der Waals surface area contributed by atoms with Crippen molar-refractivity contribution in [1.29, 1.82) is 5.26 Å². The number of halogens is 3. The summed E-state index contributed by atoms with van der Waals surface area (Å²) in [6, 6.07) is 4.56. The summed E-state index contributed by atoms with van der Waals surface area (Å²) in [6.45, 7) is 3.30. The zero-order valence-corrected chi connectivity index (χ0v) is 23.2. The van der Waals surface area contributed by atoms with Crippen molar-refractivity contribution in [2.75, 3.05) is 30.5 Å². The second-order valence-corrected chi connectivity index (χ2v) is 11.4. The van der Waals surface area contributed by atoms with Crippen LogP contribution in [-0.4, -0.2) is 55.6 Å². The van der Waals surface area contributed by atoms with Gasteiger partial charge in [0.2, 0.25) is 11.8 Å². The molecule has 0 fully saturated rings. The third-order valence-corrected chi connectivity index (χ3v) is 7.73. The number of aromatic nitrogens is 2. The second kappa shape index (κ2) is 11.9. The molecule has 6 N–H and O–H groups in total. The van der Waals surface area contributed by atoms with Gasteiger partial charge in [-0.3, -0.25) is 9.59 Å². The molecular formula is C21H22F3N7O5S3. The minimum Gasteiger partial charge on any atom is -0.397 e. The third kappa shape index (κ3) is 7.40. The molecule has 0 bridgehead atoms. The van der Waals surface area contributed by atoms with Crippen molar-refractivity contribution in [3.63, 3.8) is 0 Å². The predicted octanol–water partition coefficient (Wildman–Crippen LogP) is 2.42. The highest BCUT2D eigenvalue weighted by molar-refractivity contribution is 8.00. The van der Waals surface area contributed by atoms with E-state index in [4.69, 9.17) is 22.5 Å². The molecule has 18 heteroatoms. The fourth-order valence-corrected chi connectivity index (χ4v) is 5.11. The molecule has 2 amide bonds. The average molecular weight is 606 g/mol. The molecule has 0 aliphatic carbocycles. The quantitative estimate of drug-likeness (QED) is 0.202. The highest BCUT2D eigenvalue weighted by Crippen LogP contribution is 2.36. The number of carbonyl (C=O) groups is 2. The summed E-state index contributed by atoms with van der Waals surface area (Å²) < 4.78 is 62.5. The molecule has 0 spiro atoms. The minimum atomic E-state index is -5.88. The zero-order chi connectivity index (χ0) is 29.9. The highest BCUT2D eigenvalue weighted by atomic mass is 32.2. The Balaban J connectivity index is 0.000000282. The van der Waals surface area contributed by atoms with Crippen LogP contribution < -0.4 is 26.3 Å². The van der Waals surface area contributed by atoms with Crippen LogP contribution >= 0.6 is 23.1 Å². The average Bonchev–Trinajstić information content (AvgIpc) is 3.14.